The molecular formula is C30H35FN2O2. The van der Waals surface area contributed by atoms with Crippen LogP contribution in [0, 0.1) is 5.82 Å². The number of amides is 2. The zero-order valence-corrected chi connectivity index (χ0v) is 20.5. The summed E-state index contributed by atoms with van der Waals surface area (Å²) >= 11 is 0. The van der Waals surface area contributed by atoms with E-state index in [9.17, 15) is 14.0 Å². The highest BCUT2D eigenvalue weighted by Crippen LogP contribution is 2.17. The molecule has 0 aromatic heterocycles. The van der Waals surface area contributed by atoms with Crippen LogP contribution in [-0.2, 0) is 29.0 Å². The van der Waals surface area contributed by atoms with Crippen LogP contribution in [0.2, 0.25) is 0 Å². The van der Waals surface area contributed by atoms with Crippen molar-refractivity contribution >= 4 is 11.8 Å². The molecule has 184 valence electrons. The molecule has 0 saturated heterocycles. The molecule has 2 amide bonds. The second kappa shape index (κ2) is 14.1. The van der Waals surface area contributed by atoms with Crippen molar-refractivity contribution in [2.24, 2.45) is 0 Å². The third-order valence-electron chi connectivity index (χ3n) is 6.09. The summed E-state index contributed by atoms with van der Waals surface area (Å²) in [6.45, 7) is 2.95. The highest BCUT2D eigenvalue weighted by atomic mass is 19.1. The summed E-state index contributed by atoms with van der Waals surface area (Å²) in [6.07, 6.45) is 4.31. The van der Waals surface area contributed by atoms with Gasteiger partial charge < -0.3 is 10.2 Å². The molecule has 3 rings (SSSR count). The lowest BCUT2D eigenvalue weighted by atomic mass is 10.0. The number of hydrogen-bond acceptors (Lipinski definition) is 2. The van der Waals surface area contributed by atoms with Gasteiger partial charge in [-0.2, -0.15) is 0 Å². The topological polar surface area (TPSA) is 49.4 Å². The molecule has 35 heavy (non-hydrogen) atoms. The van der Waals surface area contributed by atoms with Crippen LogP contribution >= 0.6 is 0 Å². The zero-order valence-electron chi connectivity index (χ0n) is 20.5. The van der Waals surface area contributed by atoms with E-state index in [4.69, 9.17) is 0 Å². The first-order chi connectivity index (χ1) is 17.1. The van der Waals surface area contributed by atoms with Crippen LogP contribution in [0.15, 0.2) is 84.9 Å². The number of nitrogens with zero attached hydrogens (tertiary/aromatic N) is 1. The molecule has 3 aromatic carbocycles. The van der Waals surface area contributed by atoms with Gasteiger partial charge in [0.1, 0.15) is 11.9 Å². The van der Waals surface area contributed by atoms with Crippen molar-refractivity contribution in [3.8, 4) is 0 Å². The van der Waals surface area contributed by atoms with Gasteiger partial charge in [-0.05, 0) is 41.7 Å². The number of benzene rings is 3. The predicted molar refractivity (Wildman–Crippen MR) is 138 cm³/mol. The number of carbonyl (C=O) groups is 2. The second-order valence-corrected chi connectivity index (χ2v) is 8.84. The summed E-state index contributed by atoms with van der Waals surface area (Å²) in [5.41, 5.74) is 2.85. The van der Waals surface area contributed by atoms with Gasteiger partial charge in [-0.3, -0.25) is 9.59 Å². The highest BCUT2D eigenvalue weighted by molar-refractivity contribution is 5.88. The number of nitrogens with one attached hydrogen (secondary N) is 1. The smallest absolute Gasteiger partial charge is 0.243 e. The maximum atomic E-state index is 13.6. The maximum absolute atomic E-state index is 13.6. The third-order valence-corrected chi connectivity index (χ3v) is 6.09. The summed E-state index contributed by atoms with van der Waals surface area (Å²) in [7, 11) is 0. The van der Waals surface area contributed by atoms with Gasteiger partial charge in [0.2, 0.25) is 11.8 Å². The Balaban J connectivity index is 1.85. The molecule has 0 aliphatic heterocycles. The van der Waals surface area contributed by atoms with Crippen LogP contribution in [0.1, 0.15) is 49.3 Å². The first kappa shape index (κ1) is 26.1. The lowest BCUT2D eigenvalue weighted by Gasteiger charge is -2.31. The van der Waals surface area contributed by atoms with E-state index in [1.165, 1.54) is 12.1 Å². The van der Waals surface area contributed by atoms with E-state index < -0.39 is 6.04 Å². The Hall–Kier alpha value is -3.47. The van der Waals surface area contributed by atoms with E-state index in [-0.39, 0.29) is 24.2 Å². The molecule has 0 saturated carbocycles. The van der Waals surface area contributed by atoms with Gasteiger partial charge in [-0.1, -0.05) is 92.6 Å². The van der Waals surface area contributed by atoms with Crippen LogP contribution < -0.4 is 5.32 Å². The molecule has 0 unspecified atom stereocenters. The van der Waals surface area contributed by atoms with E-state index in [0.29, 0.717) is 25.8 Å². The Morgan fingerprint density at radius 2 is 1.46 bits per heavy atom. The monoisotopic (exact) mass is 474 g/mol. The minimum Gasteiger partial charge on any atom is -0.354 e. The van der Waals surface area contributed by atoms with Crippen LogP contribution in [0.25, 0.3) is 0 Å². The SMILES string of the molecule is CCCCCNC(=O)[C@@H](Cc1ccccc1)N(Cc1ccc(F)cc1)C(=O)CCc1ccccc1. The number of hydrogen-bond donors (Lipinski definition) is 1. The Labute approximate surface area is 208 Å². The molecule has 1 N–H and O–H groups in total. The lowest BCUT2D eigenvalue weighted by Crippen LogP contribution is -2.50. The largest absolute Gasteiger partial charge is 0.354 e. The lowest BCUT2D eigenvalue weighted by molar-refractivity contribution is -0.141. The molecule has 0 fully saturated rings. The van der Waals surface area contributed by atoms with Crippen LogP contribution in [0.3, 0.4) is 0 Å². The summed E-state index contributed by atoms with van der Waals surface area (Å²) < 4.78 is 13.5. The maximum Gasteiger partial charge on any atom is 0.243 e. The van der Waals surface area contributed by atoms with Gasteiger partial charge in [-0.25, -0.2) is 4.39 Å². The number of rotatable bonds is 13. The molecule has 1 atom stereocenters. The Bertz CT molecular complexity index is 1040. The fourth-order valence-electron chi connectivity index (χ4n) is 4.08. The second-order valence-electron chi connectivity index (χ2n) is 8.84. The number of unbranched alkanes of at least 4 members (excludes halogenated alkanes) is 2. The van der Waals surface area contributed by atoms with Crippen molar-refractivity contribution in [3.63, 3.8) is 0 Å². The summed E-state index contributed by atoms with van der Waals surface area (Å²) in [4.78, 5) is 28.6. The first-order valence-electron chi connectivity index (χ1n) is 12.5. The van der Waals surface area contributed by atoms with Gasteiger partial charge in [0, 0.05) is 25.9 Å². The molecule has 0 radical (unpaired) electrons. The zero-order chi connectivity index (χ0) is 24.9. The summed E-state index contributed by atoms with van der Waals surface area (Å²) in [5, 5.41) is 3.05. The van der Waals surface area contributed by atoms with Crippen LogP contribution in [0.5, 0.6) is 0 Å². The van der Waals surface area contributed by atoms with Gasteiger partial charge in [0.05, 0.1) is 0 Å². The van der Waals surface area contributed by atoms with Crippen molar-refractivity contribution in [1.29, 1.82) is 0 Å². The summed E-state index contributed by atoms with van der Waals surface area (Å²) in [5.74, 6) is -0.576. The average molecular weight is 475 g/mol. The minimum atomic E-state index is -0.660. The predicted octanol–water partition coefficient (Wildman–Crippen LogP) is 5.70. The van der Waals surface area contributed by atoms with Crippen molar-refractivity contribution < 1.29 is 14.0 Å². The molecular weight excluding hydrogens is 439 g/mol. The molecule has 5 heteroatoms. The average Bonchev–Trinajstić information content (AvgIpc) is 2.89. The van der Waals surface area contributed by atoms with Crippen molar-refractivity contribution in [1.82, 2.24) is 10.2 Å². The quantitative estimate of drug-likeness (QED) is 0.323. The summed E-state index contributed by atoms with van der Waals surface area (Å²) in [6, 6.07) is 25.1. The molecule has 0 aliphatic rings. The van der Waals surface area contributed by atoms with Gasteiger partial charge in [0.25, 0.3) is 0 Å². The van der Waals surface area contributed by atoms with Crippen molar-refractivity contribution in [2.45, 2.75) is 58.0 Å². The highest BCUT2D eigenvalue weighted by Gasteiger charge is 2.30. The standard InChI is InChI=1S/C30H35FN2O2/c1-2-3-10-21-32-30(35)28(22-25-13-8-5-9-14-25)33(23-26-15-18-27(31)19-16-26)29(34)20-17-24-11-6-4-7-12-24/h4-9,11-16,18-19,28H,2-3,10,17,20-23H2,1H3,(H,32,35)/t28-/m1/s1. The number of carbonyl (C=O) groups excluding carboxylic acids is 2. The van der Waals surface area contributed by atoms with Gasteiger partial charge in [0.15, 0.2) is 0 Å². The molecule has 0 heterocycles. The molecule has 4 nitrogen and oxygen atoms in total. The van der Waals surface area contributed by atoms with Crippen LogP contribution in [-0.4, -0.2) is 29.3 Å². The van der Waals surface area contributed by atoms with E-state index >= 15 is 0 Å². The normalized spacial score (nSPS) is 11.6. The molecule has 0 spiro atoms. The fraction of sp³-hybridized carbons (Fsp3) is 0.333. The first-order valence-corrected chi connectivity index (χ1v) is 12.5. The Morgan fingerprint density at radius 1 is 0.829 bits per heavy atom. The van der Waals surface area contributed by atoms with Gasteiger partial charge in [-0.15, -0.1) is 0 Å². The minimum absolute atomic E-state index is 0.0946. The van der Waals surface area contributed by atoms with E-state index in [0.717, 1.165) is 36.0 Å². The van der Waals surface area contributed by atoms with E-state index in [1.54, 1.807) is 17.0 Å². The third kappa shape index (κ3) is 8.67. The molecule has 3 aromatic rings. The molecule has 0 aliphatic carbocycles. The van der Waals surface area contributed by atoms with Crippen LogP contribution in [0.4, 0.5) is 4.39 Å². The van der Waals surface area contributed by atoms with E-state index in [1.807, 2.05) is 60.7 Å². The fourth-order valence-corrected chi connectivity index (χ4v) is 4.08. The van der Waals surface area contributed by atoms with Gasteiger partial charge >= 0.3 is 0 Å². The molecule has 0 bridgehead atoms. The number of aryl methyl sites for hydroxylation is 1. The number of halogens is 1. The van der Waals surface area contributed by atoms with E-state index in [2.05, 4.69) is 12.2 Å². The Kier molecular flexibility index (Phi) is 10.5. The van der Waals surface area contributed by atoms with Crippen molar-refractivity contribution in [3.05, 3.63) is 107 Å². The van der Waals surface area contributed by atoms with Crippen molar-refractivity contribution in [2.75, 3.05) is 6.54 Å². The Morgan fingerprint density at radius 3 is 2.09 bits per heavy atom.